The first kappa shape index (κ1) is 25.7. The largest absolute Gasteiger partial charge is 0.507 e. The van der Waals surface area contributed by atoms with E-state index in [1.807, 2.05) is 24.3 Å². The fourth-order valence-corrected chi connectivity index (χ4v) is 4.45. The maximum atomic E-state index is 13.4. The highest BCUT2D eigenvalue weighted by Gasteiger charge is 2.47. The van der Waals surface area contributed by atoms with E-state index in [2.05, 4.69) is 20.8 Å². The van der Waals surface area contributed by atoms with Crippen molar-refractivity contribution in [1.82, 2.24) is 0 Å². The van der Waals surface area contributed by atoms with E-state index in [0.29, 0.717) is 28.1 Å². The van der Waals surface area contributed by atoms with Gasteiger partial charge in [0.2, 0.25) is 0 Å². The molecule has 1 fully saturated rings. The fraction of sp³-hybridized carbons (Fsp3) is 0.233. The zero-order valence-electron chi connectivity index (χ0n) is 21.2. The highest BCUT2D eigenvalue weighted by Crippen LogP contribution is 2.43. The van der Waals surface area contributed by atoms with Gasteiger partial charge >= 0.3 is 5.97 Å². The van der Waals surface area contributed by atoms with Gasteiger partial charge < -0.3 is 14.9 Å². The van der Waals surface area contributed by atoms with Crippen LogP contribution in [-0.4, -0.2) is 35.0 Å². The number of aliphatic carboxylic acids is 1. The number of carboxylic acids is 1. The molecule has 37 heavy (non-hydrogen) atoms. The van der Waals surface area contributed by atoms with Gasteiger partial charge in [-0.3, -0.25) is 19.3 Å². The number of aliphatic hydroxyl groups excluding tert-OH is 1. The Morgan fingerprint density at radius 3 is 2.16 bits per heavy atom. The second-order valence-corrected chi connectivity index (χ2v) is 10.0. The van der Waals surface area contributed by atoms with E-state index in [0.717, 1.165) is 5.56 Å². The number of amides is 1. The zero-order chi connectivity index (χ0) is 26.9. The number of hydrogen-bond acceptors (Lipinski definition) is 5. The van der Waals surface area contributed by atoms with Crippen LogP contribution in [0.25, 0.3) is 5.76 Å². The first-order chi connectivity index (χ1) is 17.5. The third-order valence-corrected chi connectivity index (χ3v) is 6.45. The van der Waals surface area contributed by atoms with E-state index in [9.17, 15) is 19.5 Å². The molecule has 0 spiro atoms. The first-order valence-electron chi connectivity index (χ1n) is 11.9. The molecule has 0 saturated carbocycles. The molecule has 1 aliphatic rings. The number of ether oxygens (including phenoxy) is 1. The lowest BCUT2D eigenvalue weighted by Crippen LogP contribution is -2.29. The van der Waals surface area contributed by atoms with Crippen LogP contribution in [0, 0.1) is 0 Å². The Balaban J connectivity index is 1.88. The average Bonchev–Trinajstić information content (AvgIpc) is 3.13. The molecule has 0 bridgehead atoms. The summed E-state index contributed by atoms with van der Waals surface area (Å²) in [7, 11) is 1.50. The second kappa shape index (κ2) is 9.93. The predicted molar refractivity (Wildman–Crippen MR) is 141 cm³/mol. The quantitative estimate of drug-likeness (QED) is 0.273. The number of benzene rings is 3. The number of methoxy groups -OCH3 is 1. The number of rotatable bonds is 6. The van der Waals surface area contributed by atoms with E-state index in [1.165, 1.54) is 12.0 Å². The van der Waals surface area contributed by atoms with Gasteiger partial charge in [0.05, 0.1) is 25.1 Å². The molecule has 2 N–H and O–H groups in total. The van der Waals surface area contributed by atoms with E-state index in [1.54, 1.807) is 48.5 Å². The van der Waals surface area contributed by atoms with Crippen LogP contribution in [0.1, 0.15) is 49.1 Å². The molecule has 0 radical (unpaired) electrons. The molecule has 7 nitrogen and oxygen atoms in total. The van der Waals surface area contributed by atoms with Gasteiger partial charge in [-0.15, -0.1) is 0 Å². The molecule has 1 atom stereocenters. The highest BCUT2D eigenvalue weighted by atomic mass is 16.5. The highest BCUT2D eigenvalue weighted by molar-refractivity contribution is 6.51. The van der Waals surface area contributed by atoms with Gasteiger partial charge in [-0.1, -0.05) is 69.3 Å². The maximum absolute atomic E-state index is 13.4. The molecule has 1 amide bonds. The molecular weight excluding hydrogens is 470 g/mol. The number of Topliss-reactive ketones (excluding diaryl/α,β-unsaturated/α-hetero) is 1. The van der Waals surface area contributed by atoms with E-state index < -0.39 is 23.7 Å². The lowest BCUT2D eigenvalue weighted by atomic mass is 9.85. The SMILES string of the molecule is COc1cccc(/C(O)=C2/C(=O)C(=O)N(c3ccc(CC(=O)O)cc3)C2c2ccc(C(C)(C)C)cc2)c1. The second-order valence-electron chi connectivity index (χ2n) is 10.0. The van der Waals surface area contributed by atoms with Crippen LogP contribution in [0.15, 0.2) is 78.4 Å². The van der Waals surface area contributed by atoms with Gasteiger partial charge in [0, 0.05) is 11.3 Å². The van der Waals surface area contributed by atoms with Crippen LogP contribution < -0.4 is 9.64 Å². The van der Waals surface area contributed by atoms with Gasteiger partial charge in [0.1, 0.15) is 11.5 Å². The number of ketones is 1. The summed E-state index contributed by atoms with van der Waals surface area (Å²) in [6.45, 7) is 6.28. The number of anilines is 1. The van der Waals surface area contributed by atoms with Crippen LogP contribution >= 0.6 is 0 Å². The van der Waals surface area contributed by atoms with Crippen molar-refractivity contribution in [3.05, 3.63) is 101 Å². The van der Waals surface area contributed by atoms with Crippen molar-refractivity contribution in [3.63, 3.8) is 0 Å². The van der Waals surface area contributed by atoms with Crippen molar-refractivity contribution in [2.75, 3.05) is 12.0 Å². The minimum Gasteiger partial charge on any atom is -0.507 e. The molecule has 7 heteroatoms. The molecule has 190 valence electrons. The maximum Gasteiger partial charge on any atom is 0.307 e. The first-order valence-corrected chi connectivity index (χ1v) is 11.9. The molecule has 3 aromatic rings. The summed E-state index contributed by atoms with van der Waals surface area (Å²) in [5.74, 6) is -2.35. The molecule has 0 aromatic heterocycles. The van der Waals surface area contributed by atoms with Crippen molar-refractivity contribution in [1.29, 1.82) is 0 Å². The number of carboxylic acid groups (broad SMARTS) is 1. The summed E-state index contributed by atoms with van der Waals surface area (Å²) < 4.78 is 5.26. The zero-order valence-corrected chi connectivity index (χ0v) is 21.2. The third-order valence-electron chi connectivity index (χ3n) is 6.45. The lowest BCUT2D eigenvalue weighted by molar-refractivity contribution is -0.136. The Bertz CT molecular complexity index is 1380. The van der Waals surface area contributed by atoms with E-state index >= 15 is 0 Å². The molecule has 1 saturated heterocycles. The predicted octanol–water partition coefficient (Wildman–Crippen LogP) is 5.25. The molecule has 1 heterocycles. The molecule has 1 unspecified atom stereocenters. The Morgan fingerprint density at radius 2 is 1.59 bits per heavy atom. The van der Waals surface area contributed by atoms with Crippen molar-refractivity contribution in [3.8, 4) is 5.75 Å². The molecule has 0 aliphatic carbocycles. The fourth-order valence-electron chi connectivity index (χ4n) is 4.45. The third kappa shape index (κ3) is 5.11. The van der Waals surface area contributed by atoms with E-state index in [-0.39, 0.29) is 23.2 Å². The van der Waals surface area contributed by atoms with Crippen molar-refractivity contribution >= 4 is 29.1 Å². The standard InChI is InChI=1S/C30H29NO6/c1-30(2,3)21-12-10-19(11-13-21)26-25(27(34)20-6-5-7-23(17-20)37-4)28(35)29(36)31(26)22-14-8-18(9-15-22)16-24(32)33/h5-15,17,26,34H,16H2,1-4H3,(H,32,33)/b27-25-. The average molecular weight is 500 g/mol. The molecule has 4 rings (SSSR count). The summed E-state index contributed by atoms with van der Waals surface area (Å²) in [4.78, 5) is 39.2. The van der Waals surface area contributed by atoms with Crippen LogP contribution in [-0.2, 0) is 26.2 Å². The Hall–Kier alpha value is -4.39. The van der Waals surface area contributed by atoms with Crippen LogP contribution in [0.5, 0.6) is 5.75 Å². The van der Waals surface area contributed by atoms with Gasteiger partial charge in [-0.2, -0.15) is 0 Å². The number of hydrogen-bond donors (Lipinski definition) is 2. The number of nitrogens with zero attached hydrogens (tertiary/aromatic N) is 1. The monoisotopic (exact) mass is 499 g/mol. The summed E-state index contributed by atoms with van der Waals surface area (Å²) >= 11 is 0. The topological polar surface area (TPSA) is 104 Å². The van der Waals surface area contributed by atoms with Gasteiger partial charge in [0.15, 0.2) is 0 Å². The number of aliphatic hydroxyl groups is 1. The van der Waals surface area contributed by atoms with Gasteiger partial charge in [-0.25, -0.2) is 0 Å². The van der Waals surface area contributed by atoms with E-state index in [4.69, 9.17) is 9.84 Å². The smallest absolute Gasteiger partial charge is 0.307 e. The summed E-state index contributed by atoms with van der Waals surface area (Å²) in [6.07, 6.45) is -0.160. The number of carbonyl (C=O) groups is 3. The minimum absolute atomic E-state index is 0.0311. The molecule has 3 aromatic carbocycles. The Kier molecular flexibility index (Phi) is 6.90. The normalized spacial score (nSPS) is 17.2. The Labute approximate surface area is 215 Å². The molecular formula is C30H29NO6. The van der Waals surface area contributed by atoms with Crippen LogP contribution in [0.4, 0.5) is 5.69 Å². The van der Waals surface area contributed by atoms with Crippen molar-refractivity contribution in [2.45, 2.75) is 38.6 Å². The Morgan fingerprint density at radius 1 is 0.946 bits per heavy atom. The summed E-state index contributed by atoms with van der Waals surface area (Å²) in [5, 5.41) is 20.4. The summed E-state index contributed by atoms with van der Waals surface area (Å²) in [5.41, 5.74) is 2.95. The van der Waals surface area contributed by atoms with Crippen LogP contribution in [0.3, 0.4) is 0 Å². The lowest BCUT2D eigenvalue weighted by Gasteiger charge is -2.27. The van der Waals surface area contributed by atoms with Crippen molar-refractivity contribution in [2.24, 2.45) is 0 Å². The minimum atomic E-state index is -0.967. The van der Waals surface area contributed by atoms with Gasteiger partial charge in [0.25, 0.3) is 11.7 Å². The van der Waals surface area contributed by atoms with Crippen LogP contribution in [0.2, 0.25) is 0 Å². The summed E-state index contributed by atoms with van der Waals surface area (Å²) in [6, 6.07) is 19.9. The van der Waals surface area contributed by atoms with Crippen molar-refractivity contribution < 1.29 is 29.3 Å². The number of carbonyl (C=O) groups excluding carboxylic acids is 2. The van der Waals surface area contributed by atoms with Gasteiger partial charge in [-0.05, 0) is 46.4 Å². The molecule has 1 aliphatic heterocycles.